The van der Waals surface area contributed by atoms with Crippen LogP contribution in [-0.4, -0.2) is 4.92 Å². The molecule has 0 bridgehead atoms. The molecule has 0 aromatic heterocycles. The summed E-state index contributed by atoms with van der Waals surface area (Å²) in [6.07, 6.45) is 0. The van der Waals surface area contributed by atoms with E-state index in [0.29, 0.717) is 17.8 Å². The molecule has 0 aliphatic rings. The Kier molecular flexibility index (Phi) is 4.18. The van der Waals surface area contributed by atoms with Crippen molar-refractivity contribution in [1.82, 2.24) is 0 Å². The molecular formula is C14H10ClN3O2. The highest BCUT2D eigenvalue weighted by Gasteiger charge is 2.17. The van der Waals surface area contributed by atoms with Crippen LogP contribution in [0.25, 0.3) is 0 Å². The Morgan fingerprint density at radius 1 is 1.25 bits per heavy atom. The summed E-state index contributed by atoms with van der Waals surface area (Å²) >= 11 is 5.83. The largest absolute Gasteiger partial charge is 0.375 e. The van der Waals surface area contributed by atoms with Gasteiger partial charge in [-0.25, -0.2) is 0 Å². The zero-order valence-electron chi connectivity index (χ0n) is 10.3. The Bertz CT molecular complexity index is 678. The molecule has 2 aromatic rings. The second kappa shape index (κ2) is 6.04. The van der Waals surface area contributed by atoms with Crippen LogP contribution in [0.3, 0.4) is 0 Å². The average molecular weight is 288 g/mol. The summed E-state index contributed by atoms with van der Waals surface area (Å²) in [5, 5.41) is 22.8. The molecule has 2 rings (SSSR count). The van der Waals surface area contributed by atoms with Crippen molar-refractivity contribution in [2.75, 3.05) is 5.32 Å². The second-order valence-electron chi connectivity index (χ2n) is 4.06. The number of halogens is 1. The maximum Gasteiger partial charge on any atom is 0.310 e. The van der Waals surface area contributed by atoms with Crippen LogP contribution in [0, 0.1) is 21.4 Å². The van der Waals surface area contributed by atoms with Gasteiger partial charge in [-0.05, 0) is 29.8 Å². The van der Waals surface area contributed by atoms with Crippen LogP contribution < -0.4 is 5.32 Å². The first kappa shape index (κ1) is 13.8. The van der Waals surface area contributed by atoms with Gasteiger partial charge in [0.05, 0.1) is 16.6 Å². The van der Waals surface area contributed by atoms with E-state index >= 15 is 0 Å². The number of hydrogen-bond acceptors (Lipinski definition) is 4. The Labute approximate surface area is 120 Å². The van der Waals surface area contributed by atoms with Gasteiger partial charge < -0.3 is 5.32 Å². The summed E-state index contributed by atoms with van der Waals surface area (Å²) < 4.78 is 0. The summed E-state index contributed by atoms with van der Waals surface area (Å²) in [5.41, 5.74) is 1.72. The van der Waals surface area contributed by atoms with Crippen LogP contribution >= 0.6 is 11.6 Å². The molecule has 0 heterocycles. The lowest BCUT2D eigenvalue weighted by Gasteiger charge is -2.08. The molecule has 0 fully saturated rings. The Morgan fingerprint density at radius 3 is 2.55 bits per heavy atom. The molecule has 0 spiro atoms. The van der Waals surface area contributed by atoms with Gasteiger partial charge in [-0.3, -0.25) is 10.1 Å². The normalized spacial score (nSPS) is 9.80. The van der Waals surface area contributed by atoms with Crippen LogP contribution in [0.15, 0.2) is 42.5 Å². The molecule has 0 aliphatic heterocycles. The fourth-order valence-electron chi connectivity index (χ4n) is 1.74. The van der Waals surface area contributed by atoms with Gasteiger partial charge in [0.1, 0.15) is 10.7 Å². The summed E-state index contributed by atoms with van der Waals surface area (Å²) in [6.45, 7) is 0.410. The van der Waals surface area contributed by atoms with Crippen LogP contribution in [0.2, 0.25) is 5.02 Å². The molecule has 5 nitrogen and oxygen atoms in total. The molecule has 0 saturated carbocycles. The summed E-state index contributed by atoms with van der Waals surface area (Å²) in [7, 11) is 0. The minimum absolute atomic E-state index is 0.0971. The number of benzene rings is 2. The van der Waals surface area contributed by atoms with Gasteiger partial charge in [0.2, 0.25) is 0 Å². The van der Waals surface area contributed by atoms with E-state index in [1.807, 2.05) is 6.07 Å². The molecule has 2 aromatic carbocycles. The Morgan fingerprint density at radius 2 is 1.95 bits per heavy atom. The summed E-state index contributed by atoms with van der Waals surface area (Å²) in [4.78, 5) is 10.5. The van der Waals surface area contributed by atoms with E-state index in [-0.39, 0.29) is 10.7 Å². The van der Waals surface area contributed by atoms with Crippen molar-refractivity contribution < 1.29 is 4.92 Å². The highest BCUT2D eigenvalue weighted by atomic mass is 35.5. The lowest BCUT2D eigenvalue weighted by molar-refractivity contribution is -0.383. The zero-order valence-corrected chi connectivity index (χ0v) is 11.1. The average Bonchev–Trinajstić information content (AvgIpc) is 2.45. The van der Waals surface area contributed by atoms with Crippen molar-refractivity contribution in [3.63, 3.8) is 0 Å². The van der Waals surface area contributed by atoms with Gasteiger partial charge >= 0.3 is 5.69 Å². The summed E-state index contributed by atoms with van der Waals surface area (Å²) in [6, 6.07) is 13.7. The second-order valence-corrected chi connectivity index (χ2v) is 4.46. The monoisotopic (exact) mass is 287 g/mol. The number of hydrogen-bond donors (Lipinski definition) is 1. The van der Waals surface area contributed by atoms with E-state index in [2.05, 4.69) is 5.32 Å². The van der Waals surface area contributed by atoms with E-state index in [1.54, 1.807) is 36.4 Å². The highest BCUT2D eigenvalue weighted by Crippen LogP contribution is 2.32. The van der Waals surface area contributed by atoms with Crippen molar-refractivity contribution >= 4 is 23.0 Å². The number of nitrogens with one attached hydrogen (secondary N) is 1. The minimum atomic E-state index is -0.510. The van der Waals surface area contributed by atoms with Crippen LogP contribution in [0.5, 0.6) is 0 Å². The molecule has 20 heavy (non-hydrogen) atoms. The standard InChI is InChI=1S/C14H10ClN3O2/c15-12-2-1-3-13(14(12)18(19)20)17-9-11-6-4-10(8-16)5-7-11/h1-7,17H,9H2. The molecule has 100 valence electrons. The van der Waals surface area contributed by atoms with E-state index in [4.69, 9.17) is 16.9 Å². The molecule has 0 atom stereocenters. The molecule has 1 N–H and O–H groups in total. The van der Waals surface area contributed by atoms with Gasteiger partial charge in [-0.15, -0.1) is 0 Å². The van der Waals surface area contributed by atoms with E-state index in [1.165, 1.54) is 6.07 Å². The Hall–Kier alpha value is -2.58. The highest BCUT2D eigenvalue weighted by molar-refractivity contribution is 6.33. The first-order valence-electron chi connectivity index (χ1n) is 5.77. The van der Waals surface area contributed by atoms with Crippen molar-refractivity contribution in [2.45, 2.75) is 6.54 Å². The zero-order chi connectivity index (χ0) is 14.5. The summed E-state index contributed by atoms with van der Waals surface area (Å²) in [5.74, 6) is 0. The van der Waals surface area contributed by atoms with Gasteiger partial charge in [-0.2, -0.15) is 5.26 Å². The third-order valence-electron chi connectivity index (χ3n) is 2.74. The van der Waals surface area contributed by atoms with Crippen LogP contribution in [-0.2, 0) is 6.54 Å². The van der Waals surface area contributed by atoms with Crippen molar-refractivity contribution in [1.29, 1.82) is 5.26 Å². The topological polar surface area (TPSA) is 79.0 Å². The fourth-order valence-corrected chi connectivity index (χ4v) is 1.98. The number of rotatable bonds is 4. The number of para-hydroxylation sites is 1. The van der Waals surface area contributed by atoms with Crippen LogP contribution in [0.4, 0.5) is 11.4 Å². The number of anilines is 1. The lowest BCUT2D eigenvalue weighted by atomic mass is 10.1. The molecular weight excluding hydrogens is 278 g/mol. The van der Waals surface area contributed by atoms with Crippen molar-refractivity contribution in [3.05, 3.63) is 68.7 Å². The van der Waals surface area contributed by atoms with E-state index in [0.717, 1.165) is 5.56 Å². The Balaban J connectivity index is 2.16. The molecule has 0 unspecified atom stereocenters. The number of nitriles is 1. The predicted octanol–water partition coefficient (Wildman–Crippen LogP) is 3.73. The molecule has 0 amide bonds. The maximum atomic E-state index is 11.0. The molecule has 6 heteroatoms. The predicted molar refractivity (Wildman–Crippen MR) is 76.6 cm³/mol. The number of nitro groups is 1. The van der Waals surface area contributed by atoms with Crippen molar-refractivity contribution in [2.24, 2.45) is 0 Å². The third-order valence-corrected chi connectivity index (χ3v) is 3.04. The molecule has 0 saturated heterocycles. The third kappa shape index (κ3) is 3.05. The van der Waals surface area contributed by atoms with Gasteiger partial charge in [0.15, 0.2) is 0 Å². The SMILES string of the molecule is N#Cc1ccc(CNc2cccc(Cl)c2[N+](=O)[O-])cc1. The van der Waals surface area contributed by atoms with Crippen LogP contribution in [0.1, 0.15) is 11.1 Å². The van der Waals surface area contributed by atoms with E-state index < -0.39 is 4.92 Å². The number of nitrogens with zero attached hydrogens (tertiary/aromatic N) is 2. The molecule has 0 aliphatic carbocycles. The van der Waals surface area contributed by atoms with Crippen molar-refractivity contribution in [3.8, 4) is 6.07 Å². The van der Waals surface area contributed by atoms with Gasteiger partial charge in [-0.1, -0.05) is 29.8 Å². The fraction of sp³-hybridized carbons (Fsp3) is 0.0714. The van der Waals surface area contributed by atoms with Gasteiger partial charge in [0.25, 0.3) is 0 Å². The van der Waals surface area contributed by atoms with Gasteiger partial charge in [0, 0.05) is 6.54 Å². The first-order chi connectivity index (χ1) is 9.61. The quantitative estimate of drug-likeness (QED) is 0.686. The lowest BCUT2D eigenvalue weighted by Crippen LogP contribution is -2.03. The molecule has 0 radical (unpaired) electrons. The number of nitro benzene ring substituents is 1. The van der Waals surface area contributed by atoms with E-state index in [9.17, 15) is 10.1 Å². The first-order valence-corrected chi connectivity index (χ1v) is 6.15. The minimum Gasteiger partial charge on any atom is -0.375 e. The maximum absolute atomic E-state index is 11.0. The smallest absolute Gasteiger partial charge is 0.310 e.